The van der Waals surface area contributed by atoms with E-state index in [1.165, 1.54) is 54.9 Å². The predicted octanol–water partition coefficient (Wildman–Crippen LogP) is 6.80. The van der Waals surface area contributed by atoms with Crippen molar-refractivity contribution < 1.29 is 0 Å². The van der Waals surface area contributed by atoms with Crippen LogP contribution in [-0.2, 0) is 12.8 Å². The molecule has 0 heteroatoms. The molecule has 4 aromatic rings. The second-order valence-electron chi connectivity index (χ2n) is 7.30. The molecule has 0 atom stereocenters. The largest absolute Gasteiger partial charge is 0.0795 e. The molecule has 0 aliphatic heterocycles. The van der Waals surface area contributed by atoms with Gasteiger partial charge in [-0.05, 0) is 67.8 Å². The van der Waals surface area contributed by atoms with Crippen molar-refractivity contribution in [2.75, 3.05) is 0 Å². The summed E-state index contributed by atoms with van der Waals surface area (Å²) in [6, 6.07) is 22.7. The lowest BCUT2D eigenvalue weighted by atomic mass is 9.85. The fraction of sp³-hybridized carbons (Fsp3) is 0.0769. The molecule has 0 radical (unpaired) electrons. The van der Waals surface area contributed by atoms with Crippen LogP contribution in [0.1, 0.15) is 22.3 Å². The van der Waals surface area contributed by atoms with E-state index in [2.05, 4.69) is 85.0 Å². The van der Waals surface area contributed by atoms with E-state index < -0.39 is 0 Å². The molecule has 6 rings (SSSR count). The van der Waals surface area contributed by atoms with Gasteiger partial charge in [-0.2, -0.15) is 0 Å². The zero-order valence-electron chi connectivity index (χ0n) is 14.5. The minimum Gasteiger partial charge on any atom is -0.0795 e. The molecule has 0 fully saturated rings. The van der Waals surface area contributed by atoms with Crippen LogP contribution in [-0.4, -0.2) is 0 Å². The average molecular weight is 330 g/mol. The Kier molecular flexibility index (Phi) is 2.81. The molecule has 0 bridgehead atoms. The summed E-state index contributed by atoms with van der Waals surface area (Å²) < 4.78 is 0. The summed E-state index contributed by atoms with van der Waals surface area (Å²) in [5, 5.41) is 5.59. The van der Waals surface area contributed by atoms with E-state index in [9.17, 15) is 0 Å². The second-order valence-corrected chi connectivity index (χ2v) is 7.30. The summed E-state index contributed by atoms with van der Waals surface area (Å²) in [6.45, 7) is 0. The zero-order valence-corrected chi connectivity index (χ0v) is 14.5. The van der Waals surface area contributed by atoms with Gasteiger partial charge in [0.15, 0.2) is 0 Å². The van der Waals surface area contributed by atoms with Crippen LogP contribution in [0.5, 0.6) is 0 Å². The summed E-state index contributed by atoms with van der Waals surface area (Å²) in [6.07, 6.45) is 11.1. The van der Waals surface area contributed by atoms with Gasteiger partial charge in [0.25, 0.3) is 0 Å². The highest BCUT2D eigenvalue weighted by Gasteiger charge is 2.16. The van der Waals surface area contributed by atoms with Crippen molar-refractivity contribution >= 4 is 33.7 Å². The van der Waals surface area contributed by atoms with Crippen molar-refractivity contribution in [1.29, 1.82) is 0 Å². The van der Waals surface area contributed by atoms with E-state index in [1.807, 2.05) is 0 Å². The molecule has 0 spiro atoms. The molecule has 26 heavy (non-hydrogen) atoms. The smallest absolute Gasteiger partial charge is 0.00700 e. The maximum Gasteiger partial charge on any atom is -0.00700 e. The summed E-state index contributed by atoms with van der Waals surface area (Å²) in [5.41, 5.74) is 8.26. The Balaban J connectivity index is 1.74. The standard InChI is InChI=1S/C26H18/c1-5-17-9-3-11-23-21(15-13-19(7-1)25(17)23)22-16-14-20-8-2-6-18-10-4-12-24(22)26(18)20/h1-4,7-16H,5-6H2. The molecule has 0 nitrogen and oxygen atoms in total. The Hall–Kier alpha value is -3.12. The first-order valence-electron chi connectivity index (χ1n) is 9.33. The Morgan fingerprint density at radius 1 is 0.500 bits per heavy atom. The van der Waals surface area contributed by atoms with Crippen molar-refractivity contribution in [3.05, 3.63) is 95.1 Å². The molecule has 0 saturated heterocycles. The van der Waals surface area contributed by atoms with Crippen LogP contribution >= 0.6 is 0 Å². The van der Waals surface area contributed by atoms with Crippen LogP contribution in [0.25, 0.3) is 44.8 Å². The van der Waals surface area contributed by atoms with Crippen LogP contribution in [0.2, 0.25) is 0 Å². The maximum atomic E-state index is 2.31. The normalized spacial score (nSPS) is 14.3. The van der Waals surface area contributed by atoms with E-state index in [-0.39, 0.29) is 0 Å². The van der Waals surface area contributed by atoms with E-state index in [0.717, 1.165) is 12.8 Å². The highest BCUT2D eigenvalue weighted by atomic mass is 14.2. The van der Waals surface area contributed by atoms with Gasteiger partial charge in [-0.1, -0.05) is 85.0 Å². The molecule has 2 aliphatic carbocycles. The Morgan fingerprint density at radius 2 is 1.00 bits per heavy atom. The zero-order chi connectivity index (χ0) is 17.1. The fourth-order valence-corrected chi connectivity index (χ4v) is 4.74. The van der Waals surface area contributed by atoms with Gasteiger partial charge in [-0.3, -0.25) is 0 Å². The van der Waals surface area contributed by atoms with Gasteiger partial charge < -0.3 is 0 Å². The third kappa shape index (κ3) is 1.84. The number of rotatable bonds is 1. The van der Waals surface area contributed by atoms with Crippen molar-refractivity contribution in [3.8, 4) is 11.1 Å². The molecule has 0 heterocycles. The van der Waals surface area contributed by atoms with Gasteiger partial charge in [-0.15, -0.1) is 0 Å². The fourth-order valence-electron chi connectivity index (χ4n) is 4.74. The molecule has 4 aromatic carbocycles. The monoisotopic (exact) mass is 330 g/mol. The Labute approximate surface area is 153 Å². The van der Waals surface area contributed by atoms with E-state index in [4.69, 9.17) is 0 Å². The molecule has 2 aliphatic rings. The van der Waals surface area contributed by atoms with Gasteiger partial charge in [0, 0.05) is 0 Å². The Bertz CT molecular complexity index is 1170. The lowest BCUT2D eigenvalue weighted by Crippen LogP contribution is -1.96. The molecular weight excluding hydrogens is 312 g/mol. The van der Waals surface area contributed by atoms with Crippen molar-refractivity contribution in [2.24, 2.45) is 0 Å². The first-order chi connectivity index (χ1) is 12.9. The van der Waals surface area contributed by atoms with Crippen LogP contribution in [0.3, 0.4) is 0 Å². The summed E-state index contributed by atoms with van der Waals surface area (Å²) in [5.74, 6) is 0. The first kappa shape index (κ1) is 14.1. The second kappa shape index (κ2) is 5.19. The number of benzene rings is 4. The molecule has 0 N–H and O–H groups in total. The van der Waals surface area contributed by atoms with Crippen LogP contribution in [0.4, 0.5) is 0 Å². The summed E-state index contributed by atoms with van der Waals surface area (Å²) in [4.78, 5) is 0. The molecule has 0 unspecified atom stereocenters. The topological polar surface area (TPSA) is 0 Å². The molecule has 0 saturated carbocycles. The van der Waals surface area contributed by atoms with Crippen LogP contribution in [0.15, 0.2) is 72.8 Å². The number of hydrogen-bond acceptors (Lipinski definition) is 0. The average Bonchev–Trinajstić information content (AvgIpc) is 2.70. The van der Waals surface area contributed by atoms with Gasteiger partial charge in [0.2, 0.25) is 0 Å². The minimum absolute atomic E-state index is 1.03. The van der Waals surface area contributed by atoms with E-state index >= 15 is 0 Å². The Morgan fingerprint density at radius 3 is 1.50 bits per heavy atom. The molecular formula is C26H18. The van der Waals surface area contributed by atoms with Gasteiger partial charge in [0.1, 0.15) is 0 Å². The predicted molar refractivity (Wildman–Crippen MR) is 112 cm³/mol. The first-order valence-corrected chi connectivity index (χ1v) is 9.33. The van der Waals surface area contributed by atoms with Crippen molar-refractivity contribution in [1.82, 2.24) is 0 Å². The van der Waals surface area contributed by atoms with Crippen LogP contribution in [0, 0.1) is 0 Å². The SMILES string of the molecule is C1=Cc2ccc(-c3ccc4c5c(cccc35)CC=C4)c3cccc(c23)C1. The third-order valence-electron chi connectivity index (χ3n) is 5.88. The molecule has 0 amide bonds. The quantitative estimate of drug-likeness (QED) is 0.360. The minimum atomic E-state index is 1.03. The highest BCUT2D eigenvalue weighted by molar-refractivity contribution is 6.11. The summed E-state index contributed by atoms with van der Waals surface area (Å²) in [7, 11) is 0. The molecule has 122 valence electrons. The van der Waals surface area contributed by atoms with E-state index in [1.54, 1.807) is 0 Å². The third-order valence-corrected chi connectivity index (χ3v) is 5.88. The highest BCUT2D eigenvalue weighted by Crippen LogP contribution is 2.40. The van der Waals surface area contributed by atoms with E-state index in [0.29, 0.717) is 0 Å². The number of hydrogen-bond donors (Lipinski definition) is 0. The molecule has 0 aromatic heterocycles. The lowest BCUT2D eigenvalue weighted by Gasteiger charge is -2.19. The van der Waals surface area contributed by atoms with Gasteiger partial charge in [-0.25, -0.2) is 0 Å². The van der Waals surface area contributed by atoms with Crippen molar-refractivity contribution in [2.45, 2.75) is 12.8 Å². The lowest BCUT2D eigenvalue weighted by molar-refractivity contribution is 1.29. The van der Waals surface area contributed by atoms with Gasteiger partial charge in [0.05, 0.1) is 0 Å². The maximum absolute atomic E-state index is 2.31. The van der Waals surface area contributed by atoms with Gasteiger partial charge >= 0.3 is 0 Å². The summed E-state index contributed by atoms with van der Waals surface area (Å²) >= 11 is 0. The van der Waals surface area contributed by atoms with Crippen molar-refractivity contribution in [3.63, 3.8) is 0 Å². The number of allylic oxidation sites excluding steroid dienone is 2. The van der Waals surface area contributed by atoms with Crippen LogP contribution < -0.4 is 0 Å².